The molecule has 0 aliphatic carbocycles. The van der Waals surface area contributed by atoms with E-state index in [0.29, 0.717) is 36.6 Å². The molecule has 5 rings (SSSR count). The van der Waals surface area contributed by atoms with Gasteiger partial charge in [0.05, 0.1) is 17.8 Å². The van der Waals surface area contributed by atoms with Gasteiger partial charge in [-0.15, -0.1) is 5.10 Å². The Bertz CT molecular complexity index is 1290. The molecule has 1 saturated heterocycles. The first-order chi connectivity index (χ1) is 15.9. The Morgan fingerprint density at radius 1 is 1.18 bits per heavy atom. The molecule has 9 nitrogen and oxygen atoms in total. The summed E-state index contributed by atoms with van der Waals surface area (Å²) in [5.41, 5.74) is 2.87. The van der Waals surface area contributed by atoms with Crippen LogP contribution in [0.4, 0.5) is 15.9 Å². The minimum atomic E-state index is -0.644. The number of aromatic nitrogens is 3. The standard InChI is InChI=1S/C22H18ClFN6O3/c23-16-8-14(2-4-17(16)24)25-19-11-29(28-27-19)9-12-1-3-15-13(7-12)10-30(22(15)33)18-5-6-20(31)26-21(18)32/h1-4,7-8,11,18,25H,5-6,9-10H2,(H,26,31,32). The summed E-state index contributed by atoms with van der Waals surface area (Å²) >= 11 is 5.80. The zero-order valence-electron chi connectivity index (χ0n) is 17.2. The number of rotatable bonds is 5. The molecular weight excluding hydrogens is 451 g/mol. The van der Waals surface area contributed by atoms with Gasteiger partial charge in [-0.25, -0.2) is 9.07 Å². The van der Waals surface area contributed by atoms with Gasteiger partial charge in [0, 0.05) is 24.2 Å². The molecule has 1 unspecified atom stereocenters. The second-order valence-corrected chi connectivity index (χ2v) is 8.35. The topological polar surface area (TPSA) is 109 Å². The summed E-state index contributed by atoms with van der Waals surface area (Å²) in [6.45, 7) is 0.725. The normalized spacial score (nSPS) is 17.8. The van der Waals surface area contributed by atoms with Crippen molar-refractivity contribution in [1.29, 1.82) is 0 Å². The molecule has 1 fully saturated rings. The van der Waals surface area contributed by atoms with Gasteiger partial charge in [-0.2, -0.15) is 0 Å². The monoisotopic (exact) mass is 468 g/mol. The van der Waals surface area contributed by atoms with E-state index in [2.05, 4.69) is 20.9 Å². The number of benzene rings is 2. The van der Waals surface area contributed by atoms with E-state index in [-0.39, 0.29) is 23.3 Å². The number of piperidine rings is 1. The zero-order chi connectivity index (χ0) is 23.1. The first kappa shape index (κ1) is 21.1. The fraction of sp³-hybridized carbons (Fsp3) is 0.227. The van der Waals surface area contributed by atoms with Crippen molar-refractivity contribution in [2.45, 2.75) is 32.0 Å². The maximum Gasteiger partial charge on any atom is 0.255 e. The first-order valence-electron chi connectivity index (χ1n) is 10.3. The number of amides is 3. The Morgan fingerprint density at radius 3 is 2.82 bits per heavy atom. The number of fused-ring (bicyclic) bond motifs is 1. The van der Waals surface area contributed by atoms with Crippen LogP contribution in [0, 0.1) is 5.82 Å². The zero-order valence-corrected chi connectivity index (χ0v) is 18.0. The third kappa shape index (κ3) is 4.17. The number of nitrogens with one attached hydrogen (secondary N) is 2. The van der Waals surface area contributed by atoms with Gasteiger partial charge in [0.15, 0.2) is 5.82 Å². The molecule has 33 heavy (non-hydrogen) atoms. The molecule has 3 aromatic rings. The summed E-state index contributed by atoms with van der Waals surface area (Å²) in [6, 6.07) is 9.12. The lowest BCUT2D eigenvalue weighted by Crippen LogP contribution is -2.52. The smallest absolute Gasteiger partial charge is 0.255 e. The van der Waals surface area contributed by atoms with Crippen molar-refractivity contribution in [3.63, 3.8) is 0 Å². The molecule has 1 atom stereocenters. The second-order valence-electron chi connectivity index (χ2n) is 7.95. The summed E-state index contributed by atoms with van der Waals surface area (Å²) < 4.78 is 14.9. The average molecular weight is 469 g/mol. The van der Waals surface area contributed by atoms with Gasteiger partial charge in [-0.3, -0.25) is 19.7 Å². The maximum absolute atomic E-state index is 13.3. The molecule has 2 aliphatic heterocycles. The summed E-state index contributed by atoms with van der Waals surface area (Å²) in [5, 5.41) is 13.5. The molecule has 11 heteroatoms. The summed E-state index contributed by atoms with van der Waals surface area (Å²) in [7, 11) is 0. The van der Waals surface area contributed by atoms with Crippen molar-refractivity contribution in [1.82, 2.24) is 25.2 Å². The number of halogens is 2. The van der Waals surface area contributed by atoms with Crippen molar-refractivity contribution >= 4 is 40.8 Å². The number of nitrogens with zero attached hydrogens (tertiary/aromatic N) is 4. The first-order valence-corrected chi connectivity index (χ1v) is 10.6. The molecule has 0 spiro atoms. The predicted octanol–water partition coefficient (Wildman–Crippen LogP) is 2.62. The molecule has 0 radical (unpaired) electrons. The number of imide groups is 1. The van der Waals surface area contributed by atoms with Gasteiger partial charge < -0.3 is 10.2 Å². The van der Waals surface area contributed by atoms with Crippen molar-refractivity contribution in [3.05, 3.63) is 70.1 Å². The lowest BCUT2D eigenvalue weighted by atomic mass is 10.0. The van der Waals surface area contributed by atoms with Crippen LogP contribution < -0.4 is 10.6 Å². The van der Waals surface area contributed by atoms with Crippen LogP contribution in [0.25, 0.3) is 0 Å². The SMILES string of the molecule is O=C1CCC(N2Cc3cc(Cn4cc(Nc5ccc(F)c(Cl)c5)nn4)ccc3C2=O)C(=O)N1. The highest BCUT2D eigenvalue weighted by Gasteiger charge is 2.39. The van der Waals surface area contributed by atoms with Crippen LogP contribution in [0.2, 0.25) is 5.02 Å². The molecule has 2 N–H and O–H groups in total. The van der Waals surface area contributed by atoms with Gasteiger partial charge in [0.25, 0.3) is 5.91 Å². The molecule has 2 aromatic carbocycles. The fourth-order valence-corrected chi connectivity index (χ4v) is 4.25. The van der Waals surface area contributed by atoms with Crippen molar-refractivity contribution in [2.24, 2.45) is 0 Å². The maximum atomic E-state index is 13.3. The Balaban J connectivity index is 1.28. The molecule has 0 bridgehead atoms. The van der Waals surface area contributed by atoms with E-state index in [1.807, 2.05) is 12.1 Å². The third-order valence-electron chi connectivity index (χ3n) is 5.66. The summed E-state index contributed by atoms with van der Waals surface area (Å²) in [5.74, 6) is -0.990. The Morgan fingerprint density at radius 2 is 2.03 bits per heavy atom. The number of anilines is 2. The van der Waals surface area contributed by atoms with Gasteiger partial charge in [-0.1, -0.05) is 28.9 Å². The molecule has 3 amide bonds. The van der Waals surface area contributed by atoms with E-state index >= 15 is 0 Å². The minimum Gasteiger partial charge on any atom is -0.337 e. The summed E-state index contributed by atoms with van der Waals surface area (Å²) in [6.07, 6.45) is 2.24. The van der Waals surface area contributed by atoms with Gasteiger partial charge in [0.1, 0.15) is 11.9 Å². The van der Waals surface area contributed by atoms with Crippen LogP contribution in [0.5, 0.6) is 0 Å². The van der Waals surface area contributed by atoms with Gasteiger partial charge >= 0.3 is 0 Å². The minimum absolute atomic E-state index is 0.00595. The van der Waals surface area contributed by atoms with E-state index in [0.717, 1.165) is 11.1 Å². The van der Waals surface area contributed by atoms with Crippen LogP contribution in [-0.2, 0) is 22.7 Å². The van der Waals surface area contributed by atoms with E-state index in [9.17, 15) is 18.8 Å². The lowest BCUT2D eigenvalue weighted by Gasteiger charge is -2.29. The fourth-order valence-electron chi connectivity index (χ4n) is 4.07. The van der Waals surface area contributed by atoms with Gasteiger partial charge in [-0.05, 0) is 41.8 Å². The third-order valence-corrected chi connectivity index (χ3v) is 5.95. The van der Waals surface area contributed by atoms with E-state index in [1.54, 1.807) is 23.0 Å². The van der Waals surface area contributed by atoms with Crippen LogP contribution in [0.3, 0.4) is 0 Å². The highest BCUT2D eigenvalue weighted by molar-refractivity contribution is 6.31. The van der Waals surface area contributed by atoms with Crippen LogP contribution in [-0.4, -0.2) is 43.7 Å². The van der Waals surface area contributed by atoms with Crippen LogP contribution in [0.1, 0.15) is 34.3 Å². The Labute approximate surface area is 192 Å². The average Bonchev–Trinajstić information content (AvgIpc) is 3.34. The predicted molar refractivity (Wildman–Crippen MR) is 116 cm³/mol. The van der Waals surface area contributed by atoms with Crippen molar-refractivity contribution in [2.75, 3.05) is 5.32 Å². The Kier molecular flexibility index (Phi) is 5.29. The molecule has 0 saturated carbocycles. The molecule has 2 aliphatic rings. The molecule has 168 valence electrons. The second kappa shape index (κ2) is 8.28. The number of carbonyl (C=O) groups is 3. The van der Waals surface area contributed by atoms with Crippen molar-refractivity contribution in [3.8, 4) is 0 Å². The highest BCUT2D eigenvalue weighted by Crippen LogP contribution is 2.28. The molecular formula is C22H18ClFN6O3. The summed E-state index contributed by atoms with van der Waals surface area (Å²) in [4.78, 5) is 37.9. The largest absolute Gasteiger partial charge is 0.337 e. The van der Waals surface area contributed by atoms with Crippen LogP contribution in [0.15, 0.2) is 42.6 Å². The van der Waals surface area contributed by atoms with Crippen molar-refractivity contribution < 1.29 is 18.8 Å². The van der Waals surface area contributed by atoms with Gasteiger partial charge in [0.2, 0.25) is 11.8 Å². The molecule has 1 aromatic heterocycles. The number of hydrogen-bond donors (Lipinski definition) is 2. The highest BCUT2D eigenvalue weighted by atomic mass is 35.5. The lowest BCUT2D eigenvalue weighted by molar-refractivity contribution is -0.136. The number of hydrogen-bond acceptors (Lipinski definition) is 6. The number of carbonyl (C=O) groups excluding carboxylic acids is 3. The van der Waals surface area contributed by atoms with E-state index in [4.69, 9.17) is 11.6 Å². The van der Waals surface area contributed by atoms with E-state index in [1.165, 1.54) is 17.0 Å². The Hall–Kier alpha value is -3.79. The molecule has 3 heterocycles. The van der Waals surface area contributed by atoms with Crippen LogP contribution >= 0.6 is 11.6 Å². The quantitative estimate of drug-likeness (QED) is 0.557. The van der Waals surface area contributed by atoms with E-state index < -0.39 is 17.8 Å².